The van der Waals surface area contributed by atoms with Gasteiger partial charge in [-0.25, -0.2) is 0 Å². The van der Waals surface area contributed by atoms with Crippen LogP contribution < -0.4 is 0 Å². The fourth-order valence-corrected chi connectivity index (χ4v) is 1.65. The Bertz CT molecular complexity index is 499. The van der Waals surface area contributed by atoms with Crippen LogP contribution in [0.3, 0.4) is 0 Å². The third-order valence-electron chi connectivity index (χ3n) is 2.99. The molecule has 0 unspecified atom stereocenters. The molecule has 0 saturated heterocycles. The van der Waals surface area contributed by atoms with Crippen molar-refractivity contribution in [1.29, 1.82) is 0 Å². The number of allylic oxidation sites excluding steroid dienone is 5. The molecule has 0 N–H and O–H groups in total. The van der Waals surface area contributed by atoms with Crippen LogP contribution in [0.1, 0.15) is 25.0 Å². The van der Waals surface area contributed by atoms with Crippen molar-refractivity contribution in [2.75, 3.05) is 7.05 Å². The van der Waals surface area contributed by atoms with Gasteiger partial charge in [0.25, 0.3) is 0 Å². The fourth-order valence-electron chi connectivity index (χ4n) is 1.65. The monoisotopic (exact) mass is 239 g/mol. The van der Waals surface area contributed by atoms with Crippen LogP contribution in [0.4, 0.5) is 0 Å². The highest BCUT2D eigenvalue weighted by Crippen LogP contribution is 2.13. The minimum absolute atomic E-state index is 0.978. The first-order chi connectivity index (χ1) is 8.62. The predicted octanol–water partition coefficient (Wildman–Crippen LogP) is 4.49. The highest BCUT2D eigenvalue weighted by atomic mass is 14.7. The molecular weight excluding hydrogens is 218 g/mol. The Kier molecular flexibility index (Phi) is 5.31. The molecule has 0 atom stereocenters. The maximum Gasteiger partial charge on any atom is 0.0649 e. The molecular formula is C17H21N. The van der Waals surface area contributed by atoms with E-state index in [0.717, 1.165) is 16.8 Å². The van der Waals surface area contributed by atoms with Crippen molar-refractivity contribution in [3.63, 3.8) is 0 Å². The summed E-state index contributed by atoms with van der Waals surface area (Å²) in [5, 5.41) is 0. The predicted molar refractivity (Wildman–Crippen MR) is 81.4 cm³/mol. The first kappa shape index (κ1) is 14.2. The molecule has 0 aliphatic rings. The first-order valence-electron chi connectivity index (χ1n) is 6.13. The van der Waals surface area contributed by atoms with Crippen LogP contribution in [0.5, 0.6) is 0 Å². The minimum Gasteiger partial charge on any atom is -0.288 e. The molecule has 1 rings (SSSR count). The summed E-state index contributed by atoms with van der Waals surface area (Å²) in [6.45, 7) is 10.1. The van der Waals surface area contributed by atoms with Crippen LogP contribution >= 0.6 is 0 Å². The normalized spacial score (nSPS) is 13.7. The van der Waals surface area contributed by atoms with E-state index >= 15 is 0 Å². The van der Waals surface area contributed by atoms with Gasteiger partial charge in [0.2, 0.25) is 0 Å². The summed E-state index contributed by atoms with van der Waals surface area (Å²) in [7, 11) is 1.82. The van der Waals surface area contributed by atoms with E-state index in [0.29, 0.717) is 0 Å². The van der Waals surface area contributed by atoms with Crippen LogP contribution in [0, 0.1) is 6.92 Å². The van der Waals surface area contributed by atoms with Crippen LogP contribution in [-0.4, -0.2) is 12.8 Å². The molecule has 0 radical (unpaired) electrons. The largest absolute Gasteiger partial charge is 0.288 e. The van der Waals surface area contributed by atoms with E-state index in [9.17, 15) is 0 Å². The van der Waals surface area contributed by atoms with Crippen molar-refractivity contribution in [1.82, 2.24) is 0 Å². The molecule has 0 saturated carbocycles. The van der Waals surface area contributed by atoms with E-state index in [4.69, 9.17) is 0 Å². The summed E-state index contributed by atoms with van der Waals surface area (Å²) in [6, 6.07) is 8.40. The molecule has 94 valence electrons. The van der Waals surface area contributed by atoms with Crippen molar-refractivity contribution in [3.8, 4) is 0 Å². The fraction of sp³-hybridized carbons (Fsp3) is 0.235. The molecule has 0 fully saturated rings. The van der Waals surface area contributed by atoms with Gasteiger partial charge < -0.3 is 0 Å². The van der Waals surface area contributed by atoms with Gasteiger partial charge in [-0.2, -0.15) is 0 Å². The number of nitrogens with zero attached hydrogens (tertiary/aromatic N) is 1. The number of rotatable bonds is 4. The SMILES string of the molecule is C=CC(=C\C(=N/C)c1ccc(C)cc1)/C(C)=C/C. The van der Waals surface area contributed by atoms with Gasteiger partial charge in [-0.3, -0.25) is 4.99 Å². The minimum atomic E-state index is 0.978. The van der Waals surface area contributed by atoms with Gasteiger partial charge in [0.1, 0.15) is 0 Å². The average Bonchev–Trinajstić information content (AvgIpc) is 2.41. The second-order valence-corrected chi connectivity index (χ2v) is 4.25. The molecule has 1 heteroatoms. The van der Waals surface area contributed by atoms with Gasteiger partial charge in [0.15, 0.2) is 0 Å². The Balaban J connectivity index is 3.16. The van der Waals surface area contributed by atoms with Crippen molar-refractivity contribution in [3.05, 3.63) is 71.3 Å². The summed E-state index contributed by atoms with van der Waals surface area (Å²) in [5.74, 6) is 0. The van der Waals surface area contributed by atoms with Gasteiger partial charge in [-0.1, -0.05) is 48.6 Å². The maximum atomic E-state index is 4.36. The van der Waals surface area contributed by atoms with E-state index in [1.807, 2.05) is 20.0 Å². The first-order valence-corrected chi connectivity index (χ1v) is 6.13. The summed E-state index contributed by atoms with van der Waals surface area (Å²) < 4.78 is 0. The van der Waals surface area contributed by atoms with E-state index in [1.165, 1.54) is 11.1 Å². The maximum absolute atomic E-state index is 4.36. The van der Waals surface area contributed by atoms with Crippen molar-refractivity contribution >= 4 is 5.71 Å². The van der Waals surface area contributed by atoms with Gasteiger partial charge >= 0.3 is 0 Å². The zero-order chi connectivity index (χ0) is 13.5. The number of aliphatic imine (C=N–C) groups is 1. The zero-order valence-corrected chi connectivity index (χ0v) is 11.7. The Morgan fingerprint density at radius 3 is 2.28 bits per heavy atom. The third-order valence-corrected chi connectivity index (χ3v) is 2.99. The molecule has 0 aromatic heterocycles. The van der Waals surface area contributed by atoms with Crippen LogP contribution in [-0.2, 0) is 0 Å². The second kappa shape index (κ2) is 6.75. The van der Waals surface area contributed by atoms with E-state index in [2.05, 4.69) is 61.8 Å². The van der Waals surface area contributed by atoms with Crippen LogP contribution in [0.2, 0.25) is 0 Å². The number of benzene rings is 1. The standard InChI is InChI=1S/C17H21N/c1-6-14(4)15(7-2)12-17(18-5)16-10-8-13(3)9-11-16/h6-12H,2H2,1,3-5H3/b14-6+,15-12+,18-17+. The number of hydrogen-bond acceptors (Lipinski definition) is 1. The van der Waals surface area contributed by atoms with E-state index < -0.39 is 0 Å². The van der Waals surface area contributed by atoms with Crippen molar-refractivity contribution in [2.45, 2.75) is 20.8 Å². The summed E-state index contributed by atoms with van der Waals surface area (Å²) >= 11 is 0. The quantitative estimate of drug-likeness (QED) is 0.542. The lowest BCUT2D eigenvalue weighted by molar-refractivity contribution is 1.38. The molecule has 0 heterocycles. The van der Waals surface area contributed by atoms with Gasteiger partial charge in [-0.15, -0.1) is 0 Å². The van der Waals surface area contributed by atoms with E-state index in [-0.39, 0.29) is 0 Å². The molecule has 0 bridgehead atoms. The molecule has 0 amide bonds. The Labute approximate surface area is 110 Å². The molecule has 1 nitrogen and oxygen atoms in total. The Hall–Kier alpha value is -1.89. The smallest absolute Gasteiger partial charge is 0.0649 e. The van der Waals surface area contributed by atoms with Crippen LogP contribution in [0.15, 0.2) is 65.2 Å². The highest BCUT2D eigenvalue weighted by molar-refractivity contribution is 6.09. The molecule has 0 aliphatic heterocycles. The zero-order valence-electron chi connectivity index (χ0n) is 11.7. The lowest BCUT2D eigenvalue weighted by Gasteiger charge is -2.06. The van der Waals surface area contributed by atoms with Gasteiger partial charge in [0, 0.05) is 7.05 Å². The second-order valence-electron chi connectivity index (χ2n) is 4.25. The van der Waals surface area contributed by atoms with Gasteiger partial charge in [0.05, 0.1) is 5.71 Å². The third kappa shape index (κ3) is 3.56. The van der Waals surface area contributed by atoms with Crippen molar-refractivity contribution < 1.29 is 0 Å². The van der Waals surface area contributed by atoms with E-state index in [1.54, 1.807) is 0 Å². The topological polar surface area (TPSA) is 12.4 Å². The summed E-state index contributed by atoms with van der Waals surface area (Å²) in [6.07, 6.45) is 6.03. The number of hydrogen-bond donors (Lipinski definition) is 0. The number of aryl methyl sites for hydroxylation is 1. The molecule has 18 heavy (non-hydrogen) atoms. The molecule has 0 spiro atoms. The van der Waals surface area contributed by atoms with Crippen molar-refractivity contribution in [2.24, 2.45) is 4.99 Å². The summed E-state index contributed by atoms with van der Waals surface area (Å²) in [5.41, 5.74) is 5.68. The van der Waals surface area contributed by atoms with Crippen LogP contribution in [0.25, 0.3) is 0 Å². The Morgan fingerprint density at radius 2 is 1.83 bits per heavy atom. The highest BCUT2D eigenvalue weighted by Gasteiger charge is 2.02. The Morgan fingerprint density at radius 1 is 1.22 bits per heavy atom. The lowest BCUT2D eigenvalue weighted by Crippen LogP contribution is -1.98. The molecule has 0 aliphatic carbocycles. The summed E-state index contributed by atoms with van der Waals surface area (Å²) in [4.78, 5) is 4.36. The molecule has 1 aromatic rings. The average molecular weight is 239 g/mol. The lowest BCUT2D eigenvalue weighted by atomic mass is 10.0. The van der Waals surface area contributed by atoms with Gasteiger partial charge in [-0.05, 0) is 43.6 Å². The molecule has 1 aromatic carbocycles.